The van der Waals surface area contributed by atoms with Crippen LogP contribution in [0.1, 0.15) is 10.6 Å². The number of halogens is 3. The van der Waals surface area contributed by atoms with Crippen LogP contribution in [0.15, 0.2) is 86.1 Å². The molecule has 2 heterocycles. The number of oxazole rings is 1. The number of nitrogens with one attached hydrogen (secondary N) is 1. The van der Waals surface area contributed by atoms with Crippen LogP contribution in [0.2, 0.25) is 10.0 Å². The van der Waals surface area contributed by atoms with E-state index in [2.05, 4.69) is 26.2 Å². The van der Waals surface area contributed by atoms with Crippen LogP contribution >= 0.6 is 39.1 Å². The summed E-state index contributed by atoms with van der Waals surface area (Å²) in [5.74, 6) is 0.686. The molecule has 0 bridgehead atoms. The van der Waals surface area contributed by atoms with Crippen LogP contribution in [0.3, 0.4) is 0 Å². The quantitative estimate of drug-likeness (QED) is 0.256. The molecule has 0 aliphatic rings. The zero-order valence-electron chi connectivity index (χ0n) is 16.2. The van der Waals surface area contributed by atoms with E-state index in [0.29, 0.717) is 44.0 Å². The Hall–Kier alpha value is -3.06. The Bertz CT molecular complexity index is 1480. The van der Waals surface area contributed by atoms with Crippen molar-refractivity contribution in [3.63, 3.8) is 0 Å². The average molecular weight is 528 g/mol. The van der Waals surface area contributed by atoms with Crippen molar-refractivity contribution in [2.24, 2.45) is 0 Å². The van der Waals surface area contributed by atoms with Crippen molar-refractivity contribution in [3.8, 4) is 22.8 Å². The number of hydrogen-bond acceptors (Lipinski definition) is 4. The van der Waals surface area contributed by atoms with Gasteiger partial charge in [-0.05, 0) is 70.5 Å². The number of carbonyl (C=O) groups is 1. The molecule has 3 aromatic carbocycles. The minimum atomic E-state index is -0.400. The molecule has 158 valence electrons. The van der Waals surface area contributed by atoms with E-state index in [9.17, 15) is 4.79 Å². The Labute approximate surface area is 201 Å². The third-order valence-corrected chi connectivity index (χ3v) is 6.31. The predicted molar refractivity (Wildman–Crippen MR) is 129 cm³/mol. The first-order valence-electron chi connectivity index (χ1n) is 9.50. The number of benzene rings is 3. The predicted octanol–water partition coefficient (Wildman–Crippen LogP) is 8.08. The molecule has 0 fully saturated rings. The molecule has 0 unspecified atom stereocenters. The molecule has 0 spiro atoms. The molecule has 0 aliphatic carbocycles. The van der Waals surface area contributed by atoms with Crippen LogP contribution in [0.4, 0.5) is 5.69 Å². The van der Waals surface area contributed by atoms with Crippen molar-refractivity contribution in [2.75, 3.05) is 5.32 Å². The van der Waals surface area contributed by atoms with Crippen molar-refractivity contribution >= 4 is 61.8 Å². The summed E-state index contributed by atoms with van der Waals surface area (Å²) in [6.07, 6.45) is 0. The molecule has 1 amide bonds. The molecule has 0 saturated carbocycles. The zero-order chi connectivity index (χ0) is 22.2. The van der Waals surface area contributed by atoms with Crippen LogP contribution in [0, 0.1) is 0 Å². The van der Waals surface area contributed by atoms with Crippen molar-refractivity contribution < 1.29 is 13.6 Å². The van der Waals surface area contributed by atoms with Gasteiger partial charge in [-0.2, -0.15) is 0 Å². The molecule has 5 aromatic rings. The Morgan fingerprint density at radius 2 is 1.72 bits per heavy atom. The number of fused-ring (bicyclic) bond motifs is 1. The van der Waals surface area contributed by atoms with Gasteiger partial charge in [0.25, 0.3) is 5.91 Å². The van der Waals surface area contributed by atoms with E-state index in [1.807, 2.05) is 24.3 Å². The third-order valence-electron chi connectivity index (χ3n) is 4.80. The Kier molecular flexibility index (Phi) is 5.51. The Morgan fingerprint density at radius 3 is 2.56 bits per heavy atom. The SMILES string of the molecule is O=C(Nc1ccc2oc(-c3ccccc3Br)nc2c1)c1ccc(-c2cccc(Cl)c2Cl)o1. The van der Waals surface area contributed by atoms with Crippen LogP contribution in [-0.2, 0) is 0 Å². The van der Waals surface area contributed by atoms with Gasteiger partial charge >= 0.3 is 0 Å². The van der Waals surface area contributed by atoms with E-state index in [4.69, 9.17) is 32.0 Å². The van der Waals surface area contributed by atoms with E-state index >= 15 is 0 Å². The lowest BCUT2D eigenvalue weighted by Crippen LogP contribution is -2.10. The van der Waals surface area contributed by atoms with Crippen LogP contribution in [0.25, 0.3) is 33.9 Å². The highest BCUT2D eigenvalue weighted by Gasteiger charge is 2.16. The van der Waals surface area contributed by atoms with E-state index in [0.717, 1.165) is 10.0 Å². The number of rotatable bonds is 4. The molecule has 2 aromatic heterocycles. The number of hydrogen-bond donors (Lipinski definition) is 1. The smallest absolute Gasteiger partial charge is 0.291 e. The van der Waals surface area contributed by atoms with Gasteiger partial charge in [0, 0.05) is 15.7 Å². The fourth-order valence-corrected chi connectivity index (χ4v) is 4.09. The first kappa shape index (κ1) is 20.8. The summed E-state index contributed by atoms with van der Waals surface area (Å²) in [5.41, 5.74) is 3.26. The van der Waals surface area contributed by atoms with E-state index < -0.39 is 5.91 Å². The number of aromatic nitrogens is 1. The molecular formula is C24H13BrCl2N2O3. The zero-order valence-corrected chi connectivity index (χ0v) is 19.3. The van der Waals surface area contributed by atoms with Crippen molar-refractivity contribution in [1.29, 1.82) is 0 Å². The van der Waals surface area contributed by atoms with Gasteiger partial charge in [-0.1, -0.05) is 41.4 Å². The summed E-state index contributed by atoms with van der Waals surface area (Å²) >= 11 is 15.8. The van der Waals surface area contributed by atoms with E-state index in [1.54, 1.807) is 48.5 Å². The van der Waals surface area contributed by atoms with E-state index in [1.165, 1.54) is 0 Å². The molecule has 0 atom stereocenters. The second-order valence-electron chi connectivity index (χ2n) is 6.90. The maximum Gasteiger partial charge on any atom is 0.291 e. The number of amides is 1. The average Bonchev–Trinajstić information content (AvgIpc) is 3.43. The highest BCUT2D eigenvalue weighted by Crippen LogP contribution is 2.35. The minimum absolute atomic E-state index is 0.144. The van der Waals surface area contributed by atoms with Gasteiger partial charge in [0.05, 0.1) is 15.6 Å². The second kappa shape index (κ2) is 8.47. The largest absolute Gasteiger partial charge is 0.451 e. The summed E-state index contributed by atoms with van der Waals surface area (Å²) in [7, 11) is 0. The Morgan fingerprint density at radius 1 is 0.906 bits per heavy atom. The fraction of sp³-hybridized carbons (Fsp3) is 0. The van der Waals surface area contributed by atoms with Gasteiger partial charge in [0.15, 0.2) is 11.3 Å². The Balaban J connectivity index is 1.39. The topological polar surface area (TPSA) is 68.3 Å². The second-order valence-corrected chi connectivity index (χ2v) is 8.54. The van der Waals surface area contributed by atoms with Crippen molar-refractivity contribution in [1.82, 2.24) is 4.98 Å². The first-order valence-corrected chi connectivity index (χ1v) is 11.1. The summed E-state index contributed by atoms with van der Waals surface area (Å²) in [6, 6.07) is 21.4. The summed E-state index contributed by atoms with van der Waals surface area (Å²) in [5, 5.41) is 3.60. The third kappa shape index (κ3) is 3.93. The van der Waals surface area contributed by atoms with Gasteiger partial charge in [-0.15, -0.1) is 0 Å². The van der Waals surface area contributed by atoms with Gasteiger partial charge in [0.2, 0.25) is 5.89 Å². The summed E-state index contributed by atoms with van der Waals surface area (Å²) < 4.78 is 12.4. The summed E-state index contributed by atoms with van der Waals surface area (Å²) in [4.78, 5) is 17.3. The summed E-state index contributed by atoms with van der Waals surface area (Å²) in [6.45, 7) is 0. The van der Waals surface area contributed by atoms with Gasteiger partial charge < -0.3 is 14.2 Å². The lowest BCUT2D eigenvalue weighted by molar-refractivity contribution is 0.0997. The molecular weight excluding hydrogens is 515 g/mol. The molecule has 0 radical (unpaired) electrons. The molecule has 0 aliphatic heterocycles. The number of carbonyl (C=O) groups excluding carboxylic acids is 1. The van der Waals surface area contributed by atoms with Crippen molar-refractivity contribution in [2.45, 2.75) is 0 Å². The van der Waals surface area contributed by atoms with Crippen LogP contribution in [0.5, 0.6) is 0 Å². The number of nitrogens with zero attached hydrogens (tertiary/aromatic N) is 1. The van der Waals surface area contributed by atoms with E-state index in [-0.39, 0.29) is 5.76 Å². The van der Waals surface area contributed by atoms with Crippen molar-refractivity contribution in [3.05, 3.63) is 93.1 Å². The molecule has 0 saturated heterocycles. The van der Waals surface area contributed by atoms with Gasteiger partial charge in [-0.3, -0.25) is 4.79 Å². The number of anilines is 1. The standard InChI is InChI=1S/C24H13BrCl2N2O3/c25-16-6-2-1-4-14(16)24-29-18-12-13(8-9-20(18)32-24)28-23(30)21-11-10-19(31-21)15-5-3-7-17(26)22(15)27/h1-12H,(H,28,30). The monoisotopic (exact) mass is 526 g/mol. The normalized spacial score (nSPS) is 11.1. The maximum absolute atomic E-state index is 12.7. The fourth-order valence-electron chi connectivity index (χ4n) is 3.25. The lowest BCUT2D eigenvalue weighted by atomic mass is 10.2. The molecule has 5 rings (SSSR count). The first-order chi connectivity index (χ1) is 15.5. The highest BCUT2D eigenvalue weighted by molar-refractivity contribution is 9.10. The molecule has 8 heteroatoms. The van der Waals surface area contributed by atoms with Gasteiger partial charge in [0.1, 0.15) is 11.3 Å². The van der Waals surface area contributed by atoms with Gasteiger partial charge in [-0.25, -0.2) is 4.98 Å². The minimum Gasteiger partial charge on any atom is -0.451 e. The maximum atomic E-state index is 12.7. The van der Waals surface area contributed by atoms with Crippen LogP contribution in [-0.4, -0.2) is 10.9 Å². The molecule has 1 N–H and O–H groups in total. The number of furan rings is 1. The highest BCUT2D eigenvalue weighted by atomic mass is 79.9. The lowest BCUT2D eigenvalue weighted by Gasteiger charge is -2.04. The van der Waals surface area contributed by atoms with Crippen LogP contribution < -0.4 is 5.32 Å². The molecule has 32 heavy (non-hydrogen) atoms. The molecule has 5 nitrogen and oxygen atoms in total.